The predicted octanol–water partition coefficient (Wildman–Crippen LogP) is 4.47. The molecule has 7 heteroatoms. The smallest absolute Gasteiger partial charge is 0.338 e. The maximum absolute atomic E-state index is 12.7. The van der Waals surface area contributed by atoms with Gasteiger partial charge >= 0.3 is 5.97 Å². The van der Waals surface area contributed by atoms with Crippen LogP contribution in [0.5, 0.6) is 0 Å². The zero-order chi connectivity index (χ0) is 16.0. The largest absolute Gasteiger partial charge is 0.478 e. The first-order chi connectivity index (χ1) is 9.88. The van der Waals surface area contributed by atoms with Crippen molar-refractivity contribution in [3.63, 3.8) is 0 Å². The van der Waals surface area contributed by atoms with E-state index in [-0.39, 0.29) is 15.6 Å². The Morgan fingerprint density at radius 3 is 1.95 bits per heavy atom. The zero-order valence-electron chi connectivity index (χ0n) is 10.3. The highest BCUT2D eigenvalue weighted by atomic mass is 35.5. The molecular formula is C14H8Cl2F2O3. The second kappa shape index (κ2) is 7.71. The van der Waals surface area contributed by atoms with E-state index in [0.29, 0.717) is 6.29 Å². The van der Waals surface area contributed by atoms with Crippen molar-refractivity contribution in [3.8, 4) is 0 Å². The van der Waals surface area contributed by atoms with Gasteiger partial charge in [0.25, 0.3) is 0 Å². The van der Waals surface area contributed by atoms with Gasteiger partial charge < -0.3 is 5.11 Å². The summed E-state index contributed by atoms with van der Waals surface area (Å²) in [6.07, 6.45) is 0.432. The maximum Gasteiger partial charge on any atom is 0.338 e. The highest BCUT2D eigenvalue weighted by Gasteiger charge is 2.11. The SMILES string of the molecule is O=C(O)c1cccc(Cl)c1F.O=Cc1cccc(Cl)c1F. The van der Waals surface area contributed by atoms with Gasteiger partial charge in [-0.1, -0.05) is 35.3 Å². The van der Waals surface area contributed by atoms with Gasteiger partial charge in [0.2, 0.25) is 0 Å². The van der Waals surface area contributed by atoms with E-state index in [0.717, 1.165) is 6.07 Å². The molecule has 110 valence electrons. The van der Waals surface area contributed by atoms with Crippen LogP contribution in [0, 0.1) is 11.6 Å². The number of benzene rings is 2. The van der Waals surface area contributed by atoms with E-state index in [1.165, 1.54) is 30.3 Å². The van der Waals surface area contributed by atoms with E-state index in [2.05, 4.69) is 0 Å². The monoisotopic (exact) mass is 332 g/mol. The minimum Gasteiger partial charge on any atom is -0.478 e. The number of carbonyl (C=O) groups is 2. The Hall–Kier alpha value is -1.98. The van der Waals surface area contributed by atoms with Crippen molar-refractivity contribution >= 4 is 35.5 Å². The molecule has 21 heavy (non-hydrogen) atoms. The van der Waals surface area contributed by atoms with Crippen LogP contribution in [0.3, 0.4) is 0 Å². The number of carboxylic acid groups (broad SMARTS) is 1. The average Bonchev–Trinajstić information content (AvgIpc) is 2.45. The van der Waals surface area contributed by atoms with E-state index in [4.69, 9.17) is 28.3 Å². The molecule has 0 saturated carbocycles. The van der Waals surface area contributed by atoms with Crippen LogP contribution >= 0.6 is 23.2 Å². The Morgan fingerprint density at radius 2 is 1.52 bits per heavy atom. The van der Waals surface area contributed by atoms with Crippen LogP contribution in [0.15, 0.2) is 36.4 Å². The lowest BCUT2D eigenvalue weighted by molar-refractivity contribution is 0.0691. The van der Waals surface area contributed by atoms with Gasteiger partial charge in [0.15, 0.2) is 17.9 Å². The van der Waals surface area contributed by atoms with Crippen molar-refractivity contribution in [2.75, 3.05) is 0 Å². The summed E-state index contributed by atoms with van der Waals surface area (Å²) >= 11 is 10.7. The normalized spacial score (nSPS) is 9.52. The molecule has 1 N–H and O–H groups in total. The van der Waals surface area contributed by atoms with Gasteiger partial charge in [0.1, 0.15) is 0 Å². The molecule has 0 aliphatic heterocycles. The lowest BCUT2D eigenvalue weighted by atomic mass is 10.2. The molecule has 2 aromatic rings. The van der Waals surface area contributed by atoms with E-state index < -0.39 is 23.2 Å². The third kappa shape index (κ3) is 4.51. The standard InChI is InChI=1S/C7H4ClFO2.C7H4ClFO/c8-5-3-1-2-4(6(5)9)7(10)11;8-6-3-1-2-5(4-10)7(6)9/h1-3H,(H,10,11);1-4H. The fourth-order valence-electron chi connectivity index (χ4n) is 1.28. The van der Waals surface area contributed by atoms with Crippen molar-refractivity contribution in [2.24, 2.45) is 0 Å². The molecule has 0 amide bonds. The van der Waals surface area contributed by atoms with Crippen LogP contribution in [-0.4, -0.2) is 17.4 Å². The molecule has 0 aliphatic rings. The first kappa shape index (κ1) is 17.1. The van der Waals surface area contributed by atoms with Gasteiger partial charge in [-0.15, -0.1) is 0 Å². The molecule has 0 atom stereocenters. The highest BCUT2D eigenvalue weighted by Crippen LogP contribution is 2.17. The summed E-state index contributed by atoms with van der Waals surface area (Å²) in [5.41, 5.74) is -0.412. The number of halogens is 4. The fourth-order valence-corrected chi connectivity index (χ4v) is 1.64. The third-order valence-electron chi connectivity index (χ3n) is 2.29. The van der Waals surface area contributed by atoms with Crippen LogP contribution in [0.4, 0.5) is 8.78 Å². The minimum atomic E-state index is -1.31. The van der Waals surface area contributed by atoms with Crippen LogP contribution in [0.25, 0.3) is 0 Å². The van der Waals surface area contributed by atoms with Gasteiger partial charge in [0.05, 0.1) is 21.2 Å². The molecule has 0 fully saturated rings. The van der Waals surface area contributed by atoms with E-state index in [1.807, 2.05) is 0 Å². The summed E-state index contributed by atoms with van der Waals surface area (Å²) in [5, 5.41) is 8.19. The van der Waals surface area contributed by atoms with Gasteiger partial charge in [-0.2, -0.15) is 0 Å². The summed E-state index contributed by atoms with van der Waals surface area (Å²) in [4.78, 5) is 20.4. The molecule has 0 unspecified atom stereocenters. The Balaban J connectivity index is 0.000000211. The topological polar surface area (TPSA) is 54.4 Å². The van der Waals surface area contributed by atoms with Crippen LogP contribution in [0.1, 0.15) is 20.7 Å². The van der Waals surface area contributed by atoms with Crippen molar-refractivity contribution in [1.29, 1.82) is 0 Å². The predicted molar refractivity (Wildman–Crippen MR) is 75.2 cm³/mol. The molecule has 2 rings (SSSR count). The number of aromatic carboxylic acids is 1. The van der Waals surface area contributed by atoms with E-state index in [9.17, 15) is 18.4 Å². The van der Waals surface area contributed by atoms with Gasteiger partial charge in [-0.3, -0.25) is 4.79 Å². The van der Waals surface area contributed by atoms with Crippen LogP contribution < -0.4 is 0 Å². The van der Waals surface area contributed by atoms with Crippen molar-refractivity contribution in [2.45, 2.75) is 0 Å². The Morgan fingerprint density at radius 1 is 1.00 bits per heavy atom. The third-order valence-corrected chi connectivity index (χ3v) is 2.87. The van der Waals surface area contributed by atoms with Gasteiger partial charge in [-0.25, -0.2) is 13.6 Å². The number of hydrogen-bond donors (Lipinski definition) is 1. The maximum atomic E-state index is 12.7. The van der Waals surface area contributed by atoms with Crippen molar-refractivity contribution in [3.05, 3.63) is 69.2 Å². The number of rotatable bonds is 2. The lowest BCUT2D eigenvalue weighted by Gasteiger charge is -1.96. The first-order valence-corrected chi connectivity index (χ1v) is 6.20. The second-order valence-corrected chi connectivity index (χ2v) is 4.48. The zero-order valence-corrected chi connectivity index (χ0v) is 11.8. The molecule has 0 saturated heterocycles. The summed E-state index contributed by atoms with van der Waals surface area (Å²) in [5.74, 6) is -2.86. The van der Waals surface area contributed by atoms with Crippen molar-refractivity contribution in [1.82, 2.24) is 0 Å². The average molecular weight is 333 g/mol. The highest BCUT2D eigenvalue weighted by molar-refractivity contribution is 6.31. The van der Waals surface area contributed by atoms with E-state index >= 15 is 0 Å². The van der Waals surface area contributed by atoms with Crippen molar-refractivity contribution < 1.29 is 23.5 Å². The van der Waals surface area contributed by atoms with E-state index in [1.54, 1.807) is 0 Å². The first-order valence-electron chi connectivity index (χ1n) is 5.45. The number of hydrogen-bond acceptors (Lipinski definition) is 2. The minimum absolute atomic E-state index is 0.00694. The quantitative estimate of drug-likeness (QED) is 0.825. The van der Waals surface area contributed by atoms with Gasteiger partial charge in [-0.05, 0) is 24.3 Å². The molecular weight excluding hydrogens is 325 g/mol. The Labute approximate surface area is 128 Å². The summed E-state index contributed by atoms with van der Waals surface area (Å²) in [7, 11) is 0. The fraction of sp³-hybridized carbons (Fsp3) is 0. The van der Waals surface area contributed by atoms with Gasteiger partial charge in [0, 0.05) is 0 Å². The molecule has 0 radical (unpaired) electrons. The summed E-state index contributed by atoms with van der Waals surface area (Å²) in [6, 6.07) is 8.12. The Bertz CT molecular complexity index is 675. The number of carboxylic acids is 1. The number of carbonyl (C=O) groups excluding carboxylic acids is 1. The molecule has 0 aromatic heterocycles. The summed E-state index contributed by atoms with van der Waals surface area (Å²) in [6.45, 7) is 0. The van der Waals surface area contributed by atoms with Crippen LogP contribution in [0.2, 0.25) is 10.0 Å². The lowest BCUT2D eigenvalue weighted by Crippen LogP contribution is -1.99. The van der Waals surface area contributed by atoms with Crippen LogP contribution in [-0.2, 0) is 0 Å². The molecule has 0 bridgehead atoms. The number of aldehydes is 1. The molecule has 0 aliphatic carbocycles. The Kier molecular flexibility index (Phi) is 6.27. The second-order valence-electron chi connectivity index (χ2n) is 3.67. The molecule has 2 aromatic carbocycles. The molecule has 3 nitrogen and oxygen atoms in total. The summed E-state index contributed by atoms with van der Waals surface area (Å²) < 4.78 is 25.4. The molecule has 0 heterocycles. The molecule has 0 spiro atoms.